The average molecular weight is 232 g/mol. The molecule has 2 aromatic heterocycles. The highest BCUT2D eigenvalue weighted by Gasteiger charge is 2.10. The number of aliphatic hydroxyl groups is 1. The van der Waals surface area contributed by atoms with Gasteiger partial charge in [0.25, 0.3) is 5.95 Å². The third-order valence-electron chi connectivity index (χ3n) is 1.94. The topological polar surface area (TPSA) is 110 Å². The van der Waals surface area contributed by atoms with Gasteiger partial charge in [0.05, 0.1) is 26.1 Å². The van der Waals surface area contributed by atoms with E-state index in [0.29, 0.717) is 5.69 Å². The zero-order valence-electron chi connectivity index (χ0n) is 8.90. The quantitative estimate of drug-likeness (QED) is 0.754. The molecular formula is C9H8N6O2. The lowest BCUT2D eigenvalue weighted by molar-refractivity contribution is 0.276. The smallest absolute Gasteiger partial charge is 0.272 e. The van der Waals surface area contributed by atoms with Crippen molar-refractivity contribution in [3.05, 3.63) is 23.7 Å². The predicted molar refractivity (Wildman–Crippen MR) is 54.1 cm³/mol. The van der Waals surface area contributed by atoms with Crippen molar-refractivity contribution in [3.63, 3.8) is 0 Å². The molecule has 8 heteroatoms. The van der Waals surface area contributed by atoms with Crippen LogP contribution in [0, 0.1) is 11.3 Å². The highest BCUT2D eigenvalue weighted by Crippen LogP contribution is 2.13. The lowest BCUT2D eigenvalue weighted by Crippen LogP contribution is -2.07. The number of hydrogen-bond acceptors (Lipinski definition) is 7. The fourth-order valence-electron chi connectivity index (χ4n) is 1.15. The molecule has 0 fully saturated rings. The van der Waals surface area contributed by atoms with E-state index < -0.39 is 0 Å². The summed E-state index contributed by atoms with van der Waals surface area (Å²) in [5.41, 5.74) is 0.628. The van der Waals surface area contributed by atoms with Gasteiger partial charge in [-0.1, -0.05) is 0 Å². The molecule has 0 spiro atoms. The van der Waals surface area contributed by atoms with Crippen molar-refractivity contribution >= 4 is 0 Å². The maximum atomic E-state index is 8.86. The molecule has 0 atom stereocenters. The van der Waals surface area contributed by atoms with E-state index in [-0.39, 0.29) is 24.0 Å². The van der Waals surface area contributed by atoms with Gasteiger partial charge in [-0.2, -0.15) is 15.3 Å². The first-order chi connectivity index (χ1) is 8.28. The molecular weight excluding hydrogens is 224 g/mol. The minimum absolute atomic E-state index is 0.153. The number of rotatable bonds is 3. The van der Waals surface area contributed by atoms with Gasteiger partial charge in [0.15, 0.2) is 0 Å². The Hall–Kier alpha value is -2.53. The SMILES string of the molecule is COc1nc(-n2ncc(CO)n2)ncc1C#N. The molecule has 17 heavy (non-hydrogen) atoms. The number of nitriles is 1. The Kier molecular flexibility index (Phi) is 2.93. The average Bonchev–Trinajstić information content (AvgIpc) is 2.86. The second kappa shape index (κ2) is 4.54. The summed E-state index contributed by atoms with van der Waals surface area (Å²) in [7, 11) is 1.41. The van der Waals surface area contributed by atoms with Gasteiger partial charge >= 0.3 is 0 Å². The van der Waals surface area contributed by atoms with E-state index in [4.69, 9.17) is 15.1 Å². The lowest BCUT2D eigenvalue weighted by atomic mass is 10.4. The Bertz CT molecular complexity index is 573. The van der Waals surface area contributed by atoms with Crippen LogP contribution >= 0.6 is 0 Å². The second-order valence-electron chi connectivity index (χ2n) is 2.99. The van der Waals surface area contributed by atoms with E-state index >= 15 is 0 Å². The molecule has 0 bridgehead atoms. The lowest BCUT2D eigenvalue weighted by Gasteiger charge is -2.02. The van der Waals surface area contributed by atoms with Crippen LogP contribution in [-0.2, 0) is 6.61 Å². The van der Waals surface area contributed by atoms with Crippen molar-refractivity contribution in [2.75, 3.05) is 7.11 Å². The molecule has 0 saturated carbocycles. The minimum Gasteiger partial charge on any atom is -0.480 e. The number of ether oxygens (including phenoxy) is 1. The summed E-state index contributed by atoms with van der Waals surface area (Å²) in [4.78, 5) is 9.05. The molecule has 0 amide bonds. The predicted octanol–water partition coefficient (Wildman–Crippen LogP) is -0.570. The maximum Gasteiger partial charge on any atom is 0.272 e. The van der Waals surface area contributed by atoms with Crippen LogP contribution < -0.4 is 4.74 Å². The van der Waals surface area contributed by atoms with Gasteiger partial charge in [0.1, 0.15) is 17.3 Å². The van der Waals surface area contributed by atoms with Crippen LogP contribution in [0.1, 0.15) is 11.3 Å². The van der Waals surface area contributed by atoms with Crippen molar-refractivity contribution in [1.82, 2.24) is 25.0 Å². The van der Waals surface area contributed by atoms with Crippen molar-refractivity contribution in [1.29, 1.82) is 5.26 Å². The summed E-state index contributed by atoms with van der Waals surface area (Å²) in [5.74, 6) is 0.320. The first-order valence-electron chi connectivity index (χ1n) is 4.62. The summed E-state index contributed by atoms with van der Waals surface area (Å²) in [6.45, 7) is -0.215. The van der Waals surface area contributed by atoms with Crippen LogP contribution in [0.2, 0.25) is 0 Å². The van der Waals surface area contributed by atoms with Gasteiger partial charge in [-0.15, -0.1) is 9.90 Å². The largest absolute Gasteiger partial charge is 0.480 e. The highest BCUT2D eigenvalue weighted by atomic mass is 16.5. The molecule has 0 aliphatic heterocycles. The van der Waals surface area contributed by atoms with Crippen molar-refractivity contribution in [3.8, 4) is 17.9 Å². The van der Waals surface area contributed by atoms with Crippen LogP contribution in [0.5, 0.6) is 5.88 Å². The van der Waals surface area contributed by atoms with Crippen LogP contribution in [0.15, 0.2) is 12.4 Å². The molecule has 0 aliphatic carbocycles. The molecule has 0 aromatic carbocycles. The molecule has 0 aliphatic rings. The Balaban J connectivity index is 2.43. The van der Waals surface area contributed by atoms with Gasteiger partial charge in [0, 0.05) is 0 Å². The zero-order chi connectivity index (χ0) is 12.3. The van der Waals surface area contributed by atoms with Crippen LogP contribution in [-0.4, -0.2) is 37.2 Å². The van der Waals surface area contributed by atoms with Gasteiger partial charge in [-0.05, 0) is 0 Å². The van der Waals surface area contributed by atoms with Crippen LogP contribution in [0.25, 0.3) is 5.95 Å². The van der Waals surface area contributed by atoms with Gasteiger partial charge < -0.3 is 9.84 Å². The summed E-state index contributed by atoms with van der Waals surface area (Å²) >= 11 is 0. The summed E-state index contributed by atoms with van der Waals surface area (Å²) in [6.07, 6.45) is 2.72. The molecule has 0 radical (unpaired) electrons. The number of aromatic nitrogens is 5. The van der Waals surface area contributed by atoms with Crippen molar-refractivity contribution in [2.24, 2.45) is 0 Å². The molecule has 2 heterocycles. The standard InChI is InChI=1S/C9H8N6O2/c1-17-8-6(2-10)3-11-9(13-8)15-12-4-7(5-16)14-15/h3-4,16H,5H2,1H3. The first kappa shape index (κ1) is 11.0. The first-order valence-corrected chi connectivity index (χ1v) is 4.62. The third-order valence-corrected chi connectivity index (χ3v) is 1.94. The van der Waals surface area contributed by atoms with Crippen LogP contribution in [0.4, 0.5) is 0 Å². The van der Waals surface area contributed by atoms with E-state index in [1.54, 1.807) is 0 Å². The van der Waals surface area contributed by atoms with Crippen molar-refractivity contribution < 1.29 is 9.84 Å². The van der Waals surface area contributed by atoms with E-state index in [2.05, 4.69) is 20.2 Å². The summed E-state index contributed by atoms with van der Waals surface area (Å²) in [6, 6.07) is 1.90. The minimum atomic E-state index is -0.215. The Morgan fingerprint density at radius 2 is 2.35 bits per heavy atom. The number of aliphatic hydroxyl groups excluding tert-OH is 1. The third kappa shape index (κ3) is 2.04. The van der Waals surface area contributed by atoms with E-state index in [9.17, 15) is 0 Å². The molecule has 2 rings (SSSR count). The van der Waals surface area contributed by atoms with Crippen molar-refractivity contribution in [2.45, 2.75) is 6.61 Å². The zero-order valence-corrected chi connectivity index (χ0v) is 8.90. The van der Waals surface area contributed by atoms with Crippen LogP contribution in [0.3, 0.4) is 0 Å². The molecule has 86 valence electrons. The van der Waals surface area contributed by atoms with E-state index in [0.717, 1.165) is 4.80 Å². The Morgan fingerprint density at radius 3 is 2.94 bits per heavy atom. The molecule has 0 saturated heterocycles. The van der Waals surface area contributed by atoms with Gasteiger partial charge in [-0.25, -0.2) is 4.98 Å². The number of methoxy groups -OCH3 is 1. The normalized spacial score (nSPS) is 9.94. The molecule has 0 unspecified atom stereocenters. The molecule has 2 aromatic rings. The summed E-state index contributed by atoms with van der Waals surface area (Å²) in [5, 5.41) is 25.4. The fraction of sp³-hybridized carbons (Fsp3) is 0.222. The number of nitrogens with zero attached hydrogens (tertiary/aromatic N) is 6. The highest BCUT2D eigenvalue weighted by molar-refractivity contribution is 5.37. The van der Waals surface area contributed by atoms with E-state index in [1.165, 1.54) is 19.5 Å². The monoisotopic (exact) mass is 232 g/mol. The summed E-state index contributed by atoms with van der Waals surface area (Å²) < 4.78 is 4.94. The van der Waals surface area contributed by atoms with Gasteiger partial charge in [0.2, 0.25) is 5.88 Å². The van der Waals surface area contributed by atoms with Gasteiger partial charge in [-0.3, -0.25) is 0 Å². The second-order valence-corrected chi connectivity index (χ2v) is 2.99. The fourth-order valence-corrected chi connectivity index (χ4v) is 1.15. The Morgan fingerprint density at radius 1 is 1.53 bits per heavy atom. The van der Waals surface area contributed by atoms with E-state index in [1.807, 2.05) is 6.07 Å². The molecule has 1 N–H and O–H groups in total. The molecule has 8 nitrogen and oxygen atoms in total. The maximum absolute atomic E-state index is 8.86. The Labute approximate surface area is 96.1 Å². The number of hydrogen-bond donors (Lipinski definition) is 1.